The predicted molar refractivity (Wildman–Crippen MR) is 131 cm³/mol. The Morgan fingerprint density at radius 3 is 2.38 bits per heavy atom. The van der Waals surface area contributed by atoms with Gasteiger partial charge in [-0.25, -0.2) is 4.79 Å². The molecule has 0 aliphatic carbocycles. The molecule has 6 nitrogen and oxygen atoms in total. The van der Waals surface area contributed by atoms with E-state index in [2.05, 4.69) is 11.4 Å². The van der Waals surface area contributed by atoms with Crippen molar-refractivity contribution in [2.75, 3.05) is 12.4 Å². The summed E-state index contributed by atoms with van der Waals surface area (Å²) in [4.78, 5) is 26.3. The molecule has 174 valence electrons. The van der Waals surface area contributed by atoms with E-state index in [-0.39, 0.29) is 5.78 Å². The number of hydrogen-bond donors (Lipinski definition) is 1. The van der Waals surface area contributed by atoms with Crippen LogP contribution < -0.4 is 10.1 Å². The molecule has 0 saturated heterocycles. The minimum atomic E-state index is -0.680. The van der Waals surface area contributed by atoms with Crippen molar-refractivity contribution < 1.29 is 19.1 Å². The van der Waals surface area contributed by atoms with Gasteiger partial charge in [0, 0.05) is 11.6 Å². The lowest BCUT2D eigenvalue weighted by Crippen LogP contribution is -2.28. The van der Waals surface area contributed by atoms with Crippen LogP contribution in [0.5, 0.6) is 5.75 Å². The van der Waals surface area contributed by atoms with E-state index in [0.29, 0.717) is 34.5 Å². The number of ketones is 1. The van der Waals surface area contributed by atoms with Crippen LogP contribution in [0.15, 0.2) is 72.8 Å². The van der Waals surface area contributed by atoms with E-state index >= 15 is 0 Å². The average Bonchev–Trinajstić information content (AvgIpc) is 2.81. The number of amides is 1. The highest BCUT2D eigenvalue weighted by Gasteiger charge is 2.27. The molecule has 3 rings (SSSR count). The lowest BCUT2D eigenvalue weighted by Gasteiger charge is -2.23. The van der Waals surface area contributed by atoms with Gasteiger partial charge in [-0.1, -0.05) is 48.5 Å². The average molecular weight is 457 g/mol. The van der Waals surface area contributed by atoms with Crippen molar-refractivity contribution in [3.8, 4) is 11.8 Å². The van der Waals surface area contributed by atoms with Gasteiger partial charge in [0.05, 0.1) is 30.3 Å². The number of carbonyl (C=O) groups is 2. The largest absolute Gasteiger partial charge is 0.497 e. The van der Waals surface area contributed by atoms with Crippen LogP contribution in [-0.4, -0.2) is 24.6 Å². The molecule has 1 atom stereocenters. The quantitative estimate of drug-likeness (QED) is 0.433. The van der Waals surface area contributed by atoms with E-state index in [0.717, 1.165) is 5.56 Å². The maximum Gasteiger partial charge on any atom is 0.412 e. The normalized spacial score (nSPS) is 11.7. The first kappa shape index (κ1) is 24.5. The van der Waals surface area contributed by atoms with Gasteiger partial charge in [0.25, 0.3) is 0 Å². The van der Waals surface area contributed by atoms with Gasteiger partial charge in [-0.2, -0.15) is 5.26 Å². The van der Waals surface area contributed by atoms with Gasteiger partial charge in [0.15, 0.2) is 5.78 Å². The number of Topliss-reactive ketones (excluding diaryl/α,β-unsaturated/α-hetero) is 1. The first-order valence-electron chi connectivity index (χ1n) is 11.0. The molecule has 1 amide bonds. The molecule has 0 aliphatic rings. The van der Waals surface area contributed by atoms with Gasteiger partial charge in [-0.15, -0.1) is 0 Å². The summed E-state index contributed by atoms with van der Waals surface area (Å²) in [5.74, 6) is -0.181. The summed E-state index contributed by atoms with van der Waals surface area (Å²) in [6.07, 6.45) is -0.280. The third-order valence-corrected chi connectivity index (χ3v) is 5.14. The van der Waals surface area contributed by atoms with Crippen LogP contribution in [0.25, 0.3) is 0 Å². The Balaban J connectivity index is 2.07. The van der Waals surface area contributed by atoms with Crippen molar-refractivity contribution in [3.05, 3.63) is 95.1 Å². The van der Waals surface area contributed by atoms with Crippen molar-refractivity contribution in [3.63, 3.8) is 0 Å². The lowest BCUT2D eigenvalue weighted by molar-refractivity contribution is 0.0635. The maximum absolute atomic E-state index is 13.7. The molecule has 0 aromatic heterocycles. The number of carbonyl (C=O) groups excluding carboxylic acids is 2. The third-order valence-electron chi connectivity index (χ3n) is 5.14. The first-order valence-corrected chi connectivity index (χ1v) is 11.0. The standard InChI is InChI=1S/C28H28N2O4/c1-28(2,3)34-27(32)30-25-17-22(33-4)13-14-23(25)24(26(31)21-11-6-5-7-12-21)16-19-9-8-10-20(15-19)18-29/h5-15,17,24H,16H2,1-4H3,(H,30,32). The fourth-order valence-electron chi connectivity index (χ4n) is 3.64. The zero-order valence-electron chi connectivity index (χ0n) is 19.8. The van der Waals surface area contributed by atoms with E-state index in [1.54, 1.807) is 69.3 Å². The summed E-state index contributed by atoms with van der Waals surface area (Å²) < 4.78 is 10.8. The minimum absolute atomic E-state index is 0.0969. The maximum atomic E-state index is 13.7. The van der Waals surface area contributed by atoms with Crippen molar-refractivity contribution in [2.45, 2.75) is 38.7 Å². The number of methoxy groups -OCH3 is 1. The number of anilines is 1. The summed E-state index contributed by atoms with van der Waals surface area (Å²) in [5, 5.41) is 12.1. The fraction of sp³-hybridized carbons (Fsp3) is 0.250. The lowest BCUT2D eigenvalue weighted by atomic mass is 9.84. The highest BCUT2D eigenvalue weighted by atomic mass is 16.6. The molecule has 1 unspecified atom stereocenters. The summed E-state index contributed by atoms with van der Waals surface area (Å²) >= 11 is 0. The molecule has 0 aliphatic heterocycles. The number of benzene rings is 3. The molecule has 0 saturated carbocycles. The highest BCUT2D eigenvalue weighted by molar-refractivity contribution is 6.02. The van der Waals surface area contributed by atoms with E-state index in [9.17, 15) is 14.9 Å². The smallest absolute Gasteiger partial charge is 0.412 e. The van der Waals surface area contributed by atoms with Crippen LogP contribution in [0.2, 0.25) is 0 Å². The molecule has 0 fully saturated rings. The van der Waals surface area contributed by atoms with Gasteiger partial charge in [-0.05, 0) is 56.5 Å². The summed E-state index contributed by atoms with van der Waals surface area (Å²) in [7, 11) is 1.53. The Hall–Kier alpha value is -4.11. The van der Waals surface area contributed by atoms with Crippen LogP contribution in [0.3, 0.4) is 0 Å². The minimum Gasteiger partial charge on any atom is -0.497 e. The molecule has 0 bridgehead atoms. The van der Waals surface area contributed by atoms with Crippen molar-refractivity contribution in [1.82, 2.24) is 0 Å². The van der Waals surface area contributed by atoms with E-state index < -0.39 is 17.6 Å². The first-order chi connectivity index (χ1) is 16.2. The Morgan fingerprint density at radius 1 is 1.00 bits per heavy atom. The van der Waals surface area contributed by atoms with Gasteiger partial charge < -0.3 is 9.47 Å². The predicted octanol–water partition coefficient (Wildman–Crippen LogP) is 6.12. The second kappa shape index (κ2) is 10.7. The van der Waals surface area contributed by atoms with Crippen LogP contribution in [0.1, 0.15) is 53.7 Å². The van der Waals surface area contributed by atoms with E-state index in [1.807, 2.05) is 24.3 Å². The molecular weight excluding hydrogens is 428 g/mol. The molecule has 3 aromatic rings. The zero-order valence-corrected chi connectivity index (χ0v) is 19.8. The Kier molecular flexibility index (Phi) is 7.70. The molecule has 1 N–H and O–H groups in total. The summed E-state index contributed by atoms with van der Waals surface area (Å²) in [5.41, 5.74) is 2.29. The Bertz CT molecular complexity index is 1210. The Morgan fingerprint density at radius 2 is 1.74 bits per heavy atom. The van der Waals surface area contributed by atoms with Gasteiger partial charge in [0.1, 0.15) is 11.4 Å². The monoisotopic (exact) mass is 456 g/mol. The summed E-state index contributed by atoms with van der Waals surface area (Å²) in [6.45, 7) is 5.34. The summed E-state index contributed by atoms with van der Waals surface area (Å²) in [6, 6.07) is 23.6. The highest BCUT2D eigenvalue weighted by Crippen LogP contribution is 2.34. The topological polar surface area (TPSA) is 88.4 Å². The number of ether oxygens (including phenoxy) is 2. The number of rotatable bonds is 7. The molecule has 3 aromatic carbocycles. The van der Waals surface area contributed by atoms with Crippen molar-refractivity contribution in [1.29, 1.82) is 5.26 Å². The zero-order chi connectivity index (χ0) is 24.7. The third kappa shape index (κ3) is 6.46. The SMILES string of the molecule is COc1ccc(C(Cc2cccc(C#N)c2)C(=O)c2ccccc2)c(NC(=O)OC(C)(C)C)c1. The molecule has 0 spiro atoms. The van der Waals surface area contributed by atoms with E-state index in [4.69, 9.17) is 9.47 Å². The molecule has 0 heterocycles. The van der Waals surface area contributed by atoms with Gasteiger partial charge >= 0.3 is 6.09 Å². The molecule has 34 heavy (non-hydrogen) atoms. The second-order valence-corrected chi connectivity index (χ2v) is 8.88. The van der Waals surface area contributed by atoms with Gasteiger partial charge in [-0.3, -0.25) is 10.1 Å². The van der Waals surface area contributed by atoms with Crippen molar-refractivity contribution >= 4 is 17.6 Å². The second-order valence-electron chi connectivity index (χ2n) is 8.88. The Labute approximate surface area is 200 Å². The van der Waals surface area contributed by atoms with Gasteiger partial charge in [0.2, 0.25) is 0 Å². The fourth-order valence-corrected chi connectivity index (χ4v) is 3.64. The molecular formula is C28H28N2O4. The van der Waals surface area contributed by atoms with Crippen LogP contribution in [0.4, 0.5) is 10.5 Å². The number of hydrogen-bond acceptors (Lipinski definition) is 5. The number of nitrogens with one attached hydrogen (secondary N) is 1. The van der Waals surface area contributed by atoms with E-state index in [1.165, 1.54) is 7.11 Å². The number of nitrogens with zero attached hydrogens (tertiary/aromatic N) is 1. The van der Waals surface area contributed by atoms with Crippen LogP contribution >= 0.6 is 0 Å². The molecule has 0 radical (unpaired) electrons. The number of nitriles is 1. The van der Waals surface area contributed by atoms with Crippen molar-refractivity contribution in [2.24, 2.45) is 0 Å². The molecule has 6 heteroatoms. The van der Waals surface area contributed by atoms with Crippen LogP contribution in [-0.2, 0) is 11.2 Å². The van der Waals surface area contributed by atoms with Crippen LogP contribution in [0, 0.1) is 11.3 Å².